The molecule has 0 bridgehead atoms. The molecule has 0 saturated carbocycles. The molecule has 0 aliphatic carbocycles. The first-order chi connectivity index (χ1) is 9.54. The fourth-order valence-electron chi connectivity index (χ4n) is 2.33. The molecule has 1 heterocycles. The lowest BCUT2D eigenvalue weighted by Crippen LogP contribution is -2.43. The van der Waals surface area contributed by atoms with Crippen LogP contribution in [0.15, 0.2) is 24.3 Å². The smallest absolute Gasteiger partial charge is 0.238 e. The number of likely N-dealkylation sites (tertiary alicyclic amines) is 1. The molecule has 0 unspecified atom stereocenters. The highest BCUT2D eigenvalue weighted by atomic mass is 35.5. The topological polar surface area (TPSA) is 75.4 Å². The number of ketones is 1. The summed E-state index contributed by atoms with van der Waals surface area (Å²) in [6, 6.07) is 7.26. The SMILES string of the molecule is CC(=O)c1cccc(NC(=O)CN2CCC(N)CC2)c1.Cl. The number of halogens is 1. The van der Waals surface area contributed by atoms with Crippen LogP contribution in [0.4, 0.5) is 5.69 Å². The van der Waals surface area contributed by atoms with Gasteiger partial charge in [0, 0.05) is 30.4 Å². The first kappa shape index (κ1) is 17.6. The van der Waals surface area contributed by atoms with E-state index >= 15 is 0 Å². The van der Waals surface area contributed by atoms with Gasteiger partial charge in [0.25, 0.3) is 0 Å². The van der Waals surface area contributed by atoms with E-state index in [9.17, 15) is 9.59 Å². The Kier molecular flexibility index (Phi) is 6.81. The molecule has 1 aromatic rings. The van der Waals surface area contributed by atoms with E-state index in [1.807, 2.05) is 0 Å². The minimum Gasteiger partial charge on any atom is -0.328 e. The van der Waals surface area contributed by atoms with E-state index in [4.69, 9.17) is 5.73 Å². The lowest BCUT2D eigenvalue weighted by atomic mass is 10.1. The fraction of sp³-hybridized carbons (Fsp3) is 0.467. The second kappa shape index (κ2) is 8.12. The number of nitrogens with two attached hydrogens (primary N) is 1. The molecule has 1 aliphatic heterocycles. The van der Waals surface area contributed by atoms with Crippen molar-refractivity contribution in [3.05, 3.63) is 29.8 Å². The van der Waals surface area contributed by atoms with Crippen molar-refractivity contribution in [1.29, 1.82) is 0 Å². The van der Waals surface area contributed by atoms with Crippen LogP contribution >= 0.6 is 12.4 Å². The van der Waals surface area contributed by atoms with E-state index in [0.717, 1.165) is 25.9 Å². The number of benzene rings is 1. The Hall–Kier alpha value is -1.43. The molecule has 1 fully saturated rings. The van der Waals surface area contributed by atoms with Crippen LogP contribution in [0, 0.1) is 0 Å². The maximum absolute atomic E-state index is 12.0. The van der Waals surface area contributed by atoms with E-state index < -0.39 is 0 Å². The molecular formula is C15H22ClN3O2. The van der Waals surface area contributed by atoms with E-state index in [2.05, 4.69) is 10.2 Å². The normalized spacial score (nSPS) is 16.1. The largest absolute Gasteiger partial charge is 0.328 e. The van der Waals surface area contributed by atoms with Crippen LogP contribution in [0.2, 0.25) is 0 Å². The summed E-state index contributed by atoms with van der Waals surface area (Å²) in [5.74, 6) is -0.0627. The minimum atomic E-state index is -0.0545. The highest BCUT2D eigenvalue weighted by molar-refractivity contribution is 5.97. The van der Waals surface area contributed by atoms with Crippen LogP contribution in [0.3, 0.4) is 0 Å². The van der Waals surface area contributed by atoms with Crippen molar-refractivity contribution in [3.63, 3.8) is 0 Å². The maximum Gasteiger partial charge on any atom is 0.238 e. The summed E-state index contributed by atoms with van der Waals surface area (Å²) in [6.45, 7) is 3.61. The number of nitrogens with zero attached hydrogens (tertiary/aromatic N) is 1. The summed E-state index contributed by atoms with van der Waals surface area (Å²) in [5, 5.41) is 2.83. The quantitative estimate of drug-likeness (QED) is 0.830. The van der Waals surface area contributed by atoms with E-state index in [1.54, 1.807) is 24.3 Å². The van der Waals surface area contributed by atoms with Crippen LogP contribution in [-0.4, -0.2) is 42.3 Å². The molecule has 1 aromatic carbocycles. The first-order valence-electron chi connectivity index (χ1n) is 6.93. The number of amides is 1. The zero-order valence-electron chi connectivity index (χ0n) is 12.2. The molecule has 6 heteroatoms. The molecule has 116 valence electrons. The van der Waals surface area contributed by atoms with Gasteiger partial charge in [0.05, 0.1) is 6.54 Å². The Labute approximate surface area is 131 Å². The van der Waals surface area contributed by atoms with Crippen LogP contribution < -0.4 is 11.1 Å². The second-order valence-electron chi connectivity index (χ2n) is 5.30. The van der Waals surface area contributed by atoms with E-state index in [-0.39, 0.29) is 30.1 Å². The Morgan fingerprint density at radius 2 is 2.00 bits per heavy atom. The molecule has 1 amide bonds. The highest BCUT2D eigenvalue weighted by Crippen LogP contribution is 2.12. The van der Waals surface area contributed by atoms with Gasteiger partial charge in [-0.2, -0.15) is 0 Å². The van der Waals surface area contributed by atoms with Crippen molar-refractivity contribution in [3.8, 4) is 0 Å². The average molecular weight is 312 g/mol. The van der Waals surface area contributed by atoms with Gasteiger partial charge in [0.1, 0.15) is 0 Å². The maximum atomic E-state index is 12.0. The van der Waals surface area contributed by atoms with Crippen molar-refractivity contribution in [2.45, 2.75) is 25.8 Å². The molecule has 0 radical (unpaired) electrons. The molecule has 5 nitrogen and oxygen atoms in total. The van der Waals surface area contributed by atoms with Gasteiger partial charge in [0.2, 0.25) is 5.91 Å². The number of hydrogen-bond donors (Lipinski definition) is 2. The third-order valence-corrected chi connectivity index (χ3v) is 3.55. The predicted octanol–water partition coefficient (Wildman–Crippen LogP) is 1.67. The Balaban J connectivity index is 0.00000220. The van der Waals surface area contributed by atoms with Gasteiger partial charge in [-0.15, -0.1) is 12.4 Å². The summed E-state index contributed by atoms with van der Waals surface area (Å²) in [4.78, 5) is 25.4. The molecule has 3 N–H and O–H groups in total. The van der Waals surface area contributed by atoms with Crippen LogP contribution in [0.5, 0.6) is 0 Å². The Morgan fingerprint density at radius 3 is 2.62 bits per heavy atom. The van der Waals surface area contributed by atoms with Crippen molar-refractivity contribution < 1.29 is 9.59 Å². The number of anilines is 1. The zero-order valence-corrected chi connectivity index (χ0v) is 13.0. The molecule has 21 heavy (non-hydrogen) atoms. The fourth-order valence-corrected chi connectivity index (χ4v) is 2.33. The number of rotatable bonds is 4. The van der Waals surface area contributed by atoms with Gasteiger partial charge in [0.15, 0.2) is 5.78 Å². The van der Waals surface area contributed by atoms with Crippen molar-refractivity contribution in [2.75, 3.05) is 25.0 Å². The lowest BCUT2D eigenvalue weighted by molar-refractivity contribution is -0.117. The molecular weight excluding hydrogens is 290 g/mol. The van der Waals surface area contributed by atoms with Gasteiger partial charge in [-0.1, -0.05) is 12.1 Å². The monoisotopic (exact) mass is 311 g/mol. The number of piperidine rings is 1. The lowest BCUT2D eigenvalue weighted by Gasteiger charge is -2.29. The standard InChI is InChI=1S/C15H21N3O2.ClH/c1-11(19)12-3-2-4-14(9-12)17-15(20)10-18-7-5-13(16)6-8-18;/h2-4,9,13H,5-8,10,16H2,1H3,(H,17,20);1H. The summed E-state index contributed by atoms with van der Waals surface area (Å²) in [6.07, 6.45) is 1.88. The highest BCUT2D eigenvalue weighted by Gasteiger charge is 2.18. The molecule has 0 aromatic heterocycles. The van der Waals surface area contributed by atoms with E-state index in [0.29, 0.717) is 17.8 Å². The molecule has 0 atom stereocenters. The zero-order chi connectivity index (χ0) is 14.5. The summed E-state index contributed by atoms with van der Waals surface area (Å²) in [7, 11) is 0. The summed E-state index contributed by atoms with van der Waals surface area (Å²) >= 11 is 0. The van der Waals surface area contributed by atoms with Crippen LogP contribution in [0.1, 0.15) is 30.1 Å². The molecule has 0 spiro atoms. The van der Waals surface area contributed by atoms with Gasteiger partial charge in [-0.25, -0.2) is 0 Å². The molecule has 1 aliphatic rings. The second-order valence-corrected chi connectivity index (χ2v) is 5.30. The van der Waals surface area contributed by atoms with Crippen LogP contribution in [-0.2, 0) is 4.79 Å². The average Bonchev–Trinajstić information content (AvgIpc) is 2.41. The third-order valence-electron chi connectivity index (χ3n) is 3.55. The Morgan fingerprint density at radius 1 is 1.33 bits per heavy atom. The van der Waals surface area contributed by atoms with Crippen molar-refractivity contribution >= 4 is 29.8 Å². The van der Waals surface area contributed by atoms with Crippen molar-refractivity contribution in [2.24, 2.45) is 5.73 Å². The van der Waals surface area contributed by atoms with Gasteiger partial charge >= 0.3 is 0 Å². The summed E-state index contributed by atoms with van der Waals surface area (Å²) < 4.78 is 0. The number of carbonyl (C=O) groups is 2. The minimum absolute atomic E-state index is 0. The summed E-state index contributed by atoms with van der Waals surface area (Å²) in [5.41, 5.74) is 7.10. The number of nitrogens with one attached hydrogen (secondary N) is 1. The molecule has 1 saturated heterocycles. The number of carbonyl (C=O) groups excluding carboxylic acids is 2. The van der Waals surface area contributed by atoms with Gasteiger partial charge in [-0.3, -0.25) is 14.5 Å². The Bertz CT molecular complexity index is 499. The van der Waals surface area contributed by atoms with Gasteiger partial charge < -0.3 is 11.1 Å². The predicted molar refractivity (Wildman–Crippen MR) is 86.0 cm³/mol. The third kappa shape index (κ3) is 5.46. The van der Waals surface area contributed by atoms with Crippen molar-refractivity contribution in [1.82, 2.24) is 4.90 Å². The number of hydrogen-bond acceptors (Lipinski definition) is 4. The molecule has 2 rings (SSSR count). The van der Waals surface area contributed by atoms with Gasteiger partial charge in [-0.05, 0) is 31.9 Å². The first-order valence-corrected chi connectivity index (χ1v) is 6.93. The van der Waals surface area contributed by atoms with E-state index in [1.165, 1.54) is 6.92 Å². The van der Waals surface area contributed by atoms with Crippen LogP contribution in [0.25, 0.3) is 0 Å². The number of Topliss-reactive ketones (excluding diaryl/α,β-unsaturated/α-hetero) is 1.